The molecule has 0 amide bonds. The molecular formula is C16H26N2S. The van der Waals surface area contributed by atoms with Crippen molar-refractivity contribution in [1.29, 1.82) is 0 Å². The average Bonchev–Trinajstić information content (AvgIpc) is 2.68. The average molecular weight is 278 g/mol. The van der Waals surface area contributed by atoms with Crippen molar-refractivity contribution in [1.82, 2.24) is 10.2 Å². The molecule has 0 aliphatic carbocycles. The Labute approximate surface area is 121 Å². The molecule has 1 aromatic rings. The molecule has 0 bridgehead atoms. The van der Waals surface area contributed by atoms with Gasteiger partial charge in [0.15, 0.2) is 0 Å². The summed E-state index contributed by atoms with van der Waals surface area (Å²) in [6.45, 7) is 17.9. The number of nitrogens with zero attached hydrogens (tertiary/aromatic N) is 1. The van der Waals surface area contributed by atoms with Crippen molar-refractivity contribution in [3.63, 3.8) is 0 Å². The summed E-state index contributed by atoms with van der Waals surface area (Å²) in [5, 5.41) is 3.47. The van der Waals surface area contributed by atoms with E-state index >= 15 is 0 Å². The molecule has 1 heterocycles. The summed E-state index contributed by atoms with van der Waals surface area (Å²) in [4.78, 5) is 5.17. The SMILES string of the molecule is C=CCN(CC=C)Cc1cc(CNC(C)C)sc1C. The second-order valence-corrected chi connectivity index (χ2v) is 6.44. The quantitative estimate of drug-likeness (QED) is 0.692. The summed E-state index contributed by atoms with van der Waals surface area (Å²) in [6, 6.07) is 2.86. The number of thiophene rings is 1. The fourth-order valence-electron chi connectivity index (χ4n) is 1.95. The van der Waals surface area contributed by atoms with E-state index < -0.39 is 0 Å². The molecule has 19 heavy (non-hydrogen) atoms. The highest BCUT2D eigenvalue weighted by Crippen LogP contribution is 2.23. The van der Waals surface area contributed by atoms with Gasteiger partial charge in [0.05, 0.1) is 0 Å². The number of aryl methyl sites for hydroxylation is 1. The van der Waals surface area contributed by atoms with Gasteiger partial charge >= 0.3 is 0 Å². The van der Waals surface area contributed by atoms with Crippen molar-refractivity contribution in [2.45, 2.75) is 39.9 Å². The Bertz CT molecular complexity index is 397. The fraction of sp³-hybridized carbons (Fsp3) is 0.500. The van der Waals surface area contributed by atoms with E-state index in [1.165, 1.54) is 15.3 Å². The molecule has 3 heteroatoms. The highest BCUT2D eigenvalue weighted by molar-refractivity contribution is 7.12. The van der Waals surface area contributed by atoms with Gasteiger partial charge in [0.2, 0.25) is 0 Å². The van der Waals surface area contributed by atoms with E-state index in [2.05, 4.69) is 50.2 Å². The molecule has 0 radical (unpaired) electrons. The Hall–Kier alpha value is -0.900. The van der Waals surface area contributed by atoms with Crippen molar-refractivity contribution in [2.75, 3.05) is 13.1 Å². The number of rotatable bonds is 9. The van der Waals surface area contributed by atoms with Crippen LogP contribution in [-0.4, -0.2) is 24.0 Å². The van der Waals surface area contributed by atoms with Crippen LogP contribution in [0.4, 0.5) is 0 Å². The van der Waals surface area contributed by atoms with Crippen molar-refractivity contribution >= 4 is 11.3 Å². The molecule has 2 nitrogen and oxygen atoms in total. The first kappa shape index (κ1) is 16.2. The van der Waals surface area contributed by atoms with E-state index in [-0.39, 0.29) is 0 Å². The van der Waals surface area contributed by atoms with Gasteiger partial charge < -0.3 is 5.32 Å². The lowest BCUT2D eigenvalue weighted by Gasteiger charge is -2.18. The van der Waals surface area contributed by atoms with Crippen molar-refractivity contribution in [3.8, 4) is 0 Å². The van der Waals surface area contributed by atoms with Crippen LogP contribution in [0.3, 0.4) is 0 Å². The summed E-state index contributed by atoms with van der Waals surface area (Å²) in [5.74, 6) is 0. The van der Waals surface area contributed by atoms with E-state index in [0.29, 0.717) is 6.04 Å². The van der Waals surface area contributed by atoms with Gasteiger partial charge in [0, 0.05) is 42.0 Å². The molecule has 0 aliphatic rings. The van der Waals surface area contributed by atoms with E-state index in [1.807, 2.05) is 23.5 Å². The first-order chi connectivity index (χ1) is 9.06. The van der Waals surface area contributed by atoms with Crippen LogP contribution in [0.25, 0.3) is 0 Å². The molecule has 0 fully saturated rings. The molecule has 0 aliphatic heterocycles. The summed E-state index contributed by atoms with van der Waals surface area (Å²) < 4.78 is 0. The van der Waals surface area contributed by atoms with Gasteiger partial charge in [0.1, 0.15) is 0 Å². The summed E-state index contributed by atoms with van der Waals surface area (Å²) in [7, 11) is 0. The highest BCUT2D eigenvalue weighted by atomic mass is 32.1. The molecular weight excluding hydrogens is 252 g/mol. The van der Waals surface area contributed by atoms with Crippen LogP contribution in [0, 0.1) is 6.92 Å². The Morgan fingerprint density at radius 3 is 2.47 bits per heavy atom. The second-order valence-electron chi connectivity index (χ2n) is 5.10. The first-order valence-electron chi connectivity index (χ1n) is 6.82. The lowest BCUT2D eigenvalue weighted by atomic mass is 10.2. The molecule has 0 saturated carbocycles. The van der Waals surface area contributed by atoms with Gasteiger partial charge in [-0.05, 0) is 18.6 Å². The maximum absolute atomic E-state index is 3.82. The molecule has 1 rings (SSSR count). The van der Waals surface area contributed by atoms with E-state index in [0.717, 1.165) is 26.2 Å². The molecule has 0 atom stereocenters. The Morgan fingerprint density at radius 2 is 1.95 bits per heavy atom. The van der Waals surface area contributed by atoms with Crippen molar-refractivity contribution < 1.29 is 0 Å². The molecule has 1 N–H and O–H groups in total. The van der Waals surface area contributed by atoms with E-state index in [1.54, 1.807) is 0 Å². The molecule has 1 aromatic heterocycles. The zero-order chi connectivity index (χ0) is 14.3. The fourth-order valence-corrected chi connectivity index (χ4v) is 2.95. The topological polar surface area (TPSA) is 15.3 Å². The second kappa shape index (κ2) is 8.31. The van der Waals surface area contributed by atoms with Gasteiger partial charge in [-0.25, -0.2) is 0 Å². The predicted molar refractivity (Wildman–Crippen MR) is 86.7 cm³/mol. The molecule has 0 spiro atoms. The minimum Gasteiger partial charge on any atom is -0.310 e. The first-order valence-corrected chi connectivity index (χ1v) is 7.64. The number of nitrogens with one attached hydrogen (secondary N) is 1. The highest BCUT2D eigenvalue weighted by Gasteiger charge is 2.09. The normalized spacial score (nSPS) is 11.2. The minimum absolute atomic E-state index is 0.531. The van der Waals surface area contributed by atoms with E-state index in [4.69, 9.17) is 0 Å². The Balaban J connectivity index is 2.66. The van der Waals surface area contributed by atoms with Gasteiger partial charge in [-0.2, -0.15) is 0 Å². The standard InChI is InChI=1S/C16H26N2S/c1-6-8-18(9-7-2)12-15-10-16(19-14(15)5)11-17-13(3)4/h6-7,10,13,17H,1-2,8-9,11-12H2,3-5H3. The third-order valence-electron chi connectivity index (χ3n) is 2.92. The van der Waals surface area contributed by atoms with Crippen LogP contribution in [0.2, 0.25) is 0 Å². The number of hydrogen-bond donors (Lipinski definition) is 1. The maximum Gasteiger partial charge on any atom is 0.0302 e. The van der Waals surface area contributed by atoms with Crippen molar-refractivity contribution in [3.05, 3.63) is 46.7 Å². The third kappa shape index (κ3) is 5.72. The maximum atomic E-state index is 3.82. The number of hydrogen-bond acceptors (Lipinski definition) is 3. The van der Waals surface area contributed by atoms with Crippen LogP contribution >= 0.6 is 11.3 Å². The summed E-state index contributed by atoms with van der Waals surface area (Å²) in [5.41, 5.74) is 1.43. The van der Waals surface area contributed by atoms with Crippen LogP contribution < -0.4 is 5.32 Å². The van der Waals surface area contributed by atoms with Crippen molar-refractivity contribution in [2.24, 2.45) is 0 Å². The van der Waals surface area contributed by atoms with Crippen LogP contribution in [0.1, 0.15) is 29.2 Å². The van der Waals surface area contributed by atoms with Gasteiger partial charge in [-0.3, -0.25) is 4.90 Å². The lowest BCUT2D eigenvalue weighted by Crippen LogP contribution is -2.23. The van der Waals surface area contributed by atoms with Crippen LogP contribution in [0.15, 0.2) is 31.4 Å². The monoisotopic (exact) mass is 278 g/mol. The molecule has 0 unspecified atom stereocenters. The zero-order valence-electron chi connectivity index (χ0n) is 12.4. The summed E-state index contributed by atoms with van der Waals surface area (Å²) >= 11 is 1.89. The van der Waals surface area contributed by atoms with Gasteiger partial charge in [0.25, 0.3) is 0 Å². The Morgan fingerprint density at radius 1 is 1.32 bits per heavy atom. The lowest BCUT2D eigenvalue weighted by molar-refractivity contribution is 0.327. The largest absolute Gasteiger partial charge is 0.310 e. The van der Waals surface area contributed by atoms with E-state index in [9.17, 15) is 0 Å². The predicted octanol–water partition coefficient (Wildman–Crippen LogP) is 3.73. The van der Waals surface area contributed by atoms with Crippen LogP contribution in [0.5, 0.6) is 0 Å². The van der Waals surface area contributed by atoms with Gasteiger partial charge in [-0.1, -0.05) is 26.0 Å². The molecule has 0 saturated heterocycles. The van der Waals surface area contributed by atoms with Gasteiger partial charge in [-0.15, -0.1) is 24.5 Å². The third-order valence-corrected chi connectivity index (χ3v) is 4.02. The summed E-state index contributed by atoms with van der Waals surface area (Å²) in [6.07, 6.45) is 3.90. The smallest absolute Gasteiger partial charge is 0.0302 e. The van der Waals surface area contributed by atoms with Crippen LogP contribution in [-0.2, 0) is 13.1 Å². The minimum atomic E-state index is 0.531. The Kier molecular flexibility index (Phi) is 7.06. The molecule has 106 valence electrons. The molecule has 0 aromatic carbocycles. The zero-order valence-corrected chi connectivity index (χ0v) is 13.2.